The molecule has 2 heterocycles. The number of nitrogens with one attached hydrogen (secondary N) is 2. The molecule has 0 unspecified atom stereocenters. The van der Waals surface area contributed by atoms with Gasteiger partial charge in [0.25, 0.3) is 5.91 Å². The standard InChI is InChI=1S/C25H28F3N5O/c1-16(2)29-24(34)18-6-4-5-17(13-18)22-15-23(31-30-22)20-8-7-19(14-21(20)25(26,27)28)33-11-9-32(3)10-12-33/h4-8,13-16H,9-12H2,1-3H3,(H,29,34)(H,30,31). The van der Waals surface area contributed by atoms with Crippen molar-refractivity contribution in [3.63, 3.8) is 0 Å². The zero-order valence-electron chi connectivity index (χ0n) is 19.4. The van der Waals surface area contributed by atoms with Crippen molar-refractivity contribution in [2.75, 3.05) is 38.1 Å². The number of H-pyrrole nitrogens is 1. The molecule has 0 atom stereocenters. The molecule has 1 aliphatic rings. The van der Waals surface area contributed by atoms with Crippen molar-refractivity contribution in [3.05, 3.63) is 59.7 Å². The Balaban J connectivity index is 1.65. The van der Waals surface area contributed by atoms with E-state index in [1.807, 2.05) is 25.8 Å². The van der Waals surface area contributed by atoms with Gasteiger partial charge in [-0.3, -0.25) is 9.89 Å². The minimum absolute atomic E-state index is 0.0113. The number of rotatable bonds is 5. The summed E-state index contributed by atoms with van der Waals surface area (Å²) in [5.74, 6) is -0.216. The Labute approximate surface area is 196 Å². The average Bonchev–Trinajstić information content (AvgIpc) is 3.28. The first-order valence-corrected chi connectivity index (χ1v) is 11.2. The number of aromatic amines is 1. The van der Waals surface area contributed by atoms with Gasteiger partial charge in [-0.25, -0.2) is 0 Å². The van der Waals surface area contributed by atoms with Crippen molar-refractivity contribution in [1.82, 2.24) is 20.4 Å². The maximum atomic E-state index is 14.0. The first-order valence-electron chi connectivity index (χ1n) is 11.2. The number of hydrogen-bond donors (Lipinski definition) is 2. The lowest BCUT2D eigenvalue weighted by atomic mass is 10.0. The van der Waals surface area contributed by atoms with Gasteiger partial charge >= 0.3 is 6.18 Å². The Hall–Kier alpha value is -3.33. The molecule has 1 fully saturated rings. The van der Waals surface area contributed by atoms with Crippen LogP contribution in [0.3, 0.4) is 0 Å². The van der Waals surface area contributed by atoms with Gasteiger partial charge in [-0.2, -0.15) is 18.3 Å². The predicted octanol–water partition coefficient (Wildman–Crippen LogP) is 4.65. The third kappa shape index (κ3) is 5.25. The summed E-state index contributed by atoms with van der Waals surface area (Å²) in [4.78, 5) is 16.5. The number of anilines is 1. The van der Waals surface area contributed by atoms with E-state index in [1.54, 1.807) is 36.4 Å². The van der Waals surface area contributed by atoms with Crippen LogP contribution in [0.5, 0.6) is 0 Å². The average molecular weight is 472 g/mol. The van der Waals surface area contributed by atoms with E-state index in [0.717, 1.165) is 13.1 Å². The van der Waals surface area contributed by atoms with Crippen LogP contribution in [0.15, 0.2) is 48.5 Å². The Morgan fingerprint density at radius 2 is 1.79 bits per heavy atom. The zero-order chi connectivity index (χ0) is 24.5. The van der Waals surface area contributed by atoms with Crippen LogP contribution in [0.2, 0.25) is 0 Å². The summed E-state index contributed by atoms with van der Waals surface area (Å²) in [6.45, 7) is 6.72. The topological polar surface area (TPSA) is 64.3 Å². The highest BCUT2D eigenvalue weighted by atomic mass is 19.4. The van der Waals surface area contributed by atoms with Crippen molar-refractivity contribution in [2.45, 2.75) is 26.1 Å². The fraction of sp³-hybridized carbons (Fsp3) is 0.360. The minimum atomic E-state index is -4.52. The number of piperazine rings is 1. The summed E-state index contributed by atoms with van der Waals surface area (Å²) in [5.41, 5.74) is 1.73. The Kier molecular flexibility index (Phi) is 6.65. The van der Waals surface area contributed by atoms with E-state index in [2.05, 4.69) is 20.4 Å². The van der Waals surface area contributed by atoms with Crippen LogP contribution >= 0.6 is 0 Å². The van der Waals surface area contributed by atoms with E-state index in [9.17, 15) is 18.0 Å². The third-order valence-electron chi connectivity index (χ3n) is 5.89. The number of carbonyl (C=O) groups excluding carboxylic acids is 1. The van der Waals surface area contributed by atoms with Crippen LogP contribution < -0.4 is 10.2 Å². The molecule has 6 nitrogen and oxygen atoms in total. The Bertz CT molecular complexity index is 1160. The minimum Gasteiger partial charge on any atom is -0.369 e. The predicted molar refractivity (Wildman–Crippen MR) is 127 cm³/mol. The summed E-state index contributed by atoms with van der Waals surface area (Å²) in [5, 5.41) is 9.80. The van der Waals surface area contributed by atoms with Crippen LogP contribution in [0.1, 0.15) is 29.8 Å². The van der Waals surface area contributed by atoms with Gasteiger partial charge < -0.3 is 15.1 Å². The molecule has 0 spiro atoms. The molecule has 1 aromatic heterocycles. The number of hydrogen-bond acceptors (Lipinski definition) is 4. The number of likely N-dealkylation sites (N-methyl/N-ethyl adjacent to an activating group) is 1. The van der Waals surface area contributed by atoms with E-state index < -0.39 is 11.7 Å². The van der Waals surface area contributed by atoms with Crippen molar-refractivity contribution in [3.8, 4) is 22.5 Å². The quantitative estimate of drug-likeness (QED) is 0.569. The number of halogens is 3. The Morgan fingerprint density at radius 3 is 2.47 bits per heavy atom. The van der Waals surface area contributed by atoms with Crippen LogP contribution in [0.4, 0.5) is 18.9 Å². The second-order valence-electron chi connectivity index (χ2n) is 8.89. The number of nitrogens with zero attached hydrogens (tertiary/aromatic N) is 3. The maximum absolute atomic E-state index is 14.0. The molecule has 180 valence electrons. The Morgan fingerprint density at radius 1 is 1.06 bits per heavy atom. The van der Waals surface area contributed by atoms with Gasteiger partial charge in [0.2, 0.25) is 0 Å². The van der Waals surface area contributed by atoms with Crippen LogP contribution in [-0.2, 0) is 6.18 Å². The van der Waals surface area contributed by atoms with E-state index in [0.29, 0.717) is 35.6 Å². The molecule has 0 saturated carbocycles. The highest BCUT2D eigenvalue weighted by Gasteiger charge is 2.35. The first kappa shape index (κ1) is 23.8. The normalized spacial score (nSPS) is 15.1. The molecular weight excluding hydrogens is 443 g/mol. The molecule has 0 bridgehead atoms. The highest BCUT2D eigenvalue weighted by Crippen LogP contribution is 2.39. The molecule has 34 heavy (non-hydrogen) atoms. The van der Waals surface area contributed by atoms with Crippen molar-refractivity contribution in [1.29, 1.82) is 0 Å². The van der Waals surface area contributed by atoms with Gasteiger partial charge in [-0.1, -0.05) is 18.2 Å². The van der Waals surface area contributed by atoms with Crippen LogP contribution in [-0.4, -0.2) is 60.3 Å². The summed E-state index contributed by atoms with van der Waals surface area (Å²) < 4.78 is 42.0. The largest absolute Gasteiger partial charge is 0.417 e. The summed E-state index contributed by atoms with van der Waals surface area (Å²) in [6.07, 6.45) is -4.52. The molecule has 1 saturated heterocycles. The van der Waals surface area contributed by atoms with Gasteiger partial charge in [-0.15, -0.1) is 0 Å². The molecular formula is C25H28F3N5O. The number of carbonyl (C=O) groups is 1. The molecule has 2 aromatic carbocycles. The molecule has 9 heteroatoms. The monoisotopic (exact) mass is 471 g/mol. The molecule has 2 N–H and O–H groups in total. The molecule has 4 rings (SSSR count). The van der Waals surface area contributed by atoms with Crippen LogP contribution in [0, 0.1) is 0 Å². The van der Waals surface area contributed by atoms with Crippen LogP contribution in [0.25, 0.3) is 22.5 Å². The number of aromatic nitrogens is 2. The number of amides is 1. The zero-order valence-corrected chi connectivity index (χ0v) is 19.4. The highest BCUT2D eigenvalue weighted by molar-refractivity contribution is 5.95. The van der Waals surface area contributed by atoms with Gasteiger partial charge in [0.1, 0.15) is 0 Å². The van der Waals surface area contributed by atoms with Crippen molar-refractivity contribution >= 4 is 11.6 Å². The summed E-state index contributed by atoms with van der Waals surface area (Å²) in [6, 6.07) is 12.9. The molecule has 0 aliphatic carbocycles. The van der Waals surface area contributed by atoms with E-state index in [1.165, 1.54) is 12.1 Å². The first-order chi connectivity index (χ1) is 16.1. The van der Waals surface area contributed by atoms with Crippen molar-refractivity contribution in [2.24, 2.45) is 0 Å². The molecule has 1 aliphatic heterocycles. The maximum Gasteiger partial charge on any atom is 0.417 e. The molecule has 1 amide bonds. The SMILES string of the molecule is CC(C)NC(=O)c1cccc(-c2cc(-c3ccc(N4CCN(C)CC4)cc3C(F)(F)F)[nH]n2)c1. The fourth-order valence-corrected chi connectivity index (χ4v) is 4.04. The number of alkyl halides is 3. The summed E-state index contributed by atoms with van der Waals surface area (Å²) >= 11 is 0. The second-order valence-corrected chi connectivity index (χ2v) is 8.89. The van der Waals surface area contributed by atoms with E-state index in [4.69, 9.17) is 0 Å². The van der Waals surface area contributed by atoms with E-state index in [-0.39, 0.29) is 23.2 Å². The fourth-order valence-electron chi connectivity index (χ4n) is 4.04. The smallest absolute Gasteiger partial charge is 0.369 e. The van der Waals surface area contributed by atoms with Gasteiger partial charge in [0, 0.05) is 54.6 Å². The lowest BCUT2D eigenvalue weighted by Gasteiger charge is -2.34. The van der Waals surface area contributed by atoms with Gasteiger partial charge in [0.05, 0.1) is 17.0 Å². The lowest BCUT2D eigenvalue weighted by Crippen LogP contribution is -2.44. The van der Waals surface area contributed by atoms with E-state index >= 15 is 0 Å². The van der Waals surface area contributed by atoms with Gasteiger partial charge in [-0.05, 0) is 51.2 Å². The van der Waals surface area contributed by atoms with Gasteiger partial charge in [0.15, 0.2) is 0 Å². The second kappa shape index (κ2) is 9.50. The van der Waals surface area contributed by atoms with Crippen molar-refractivity contribution < 1.29 is 18.0 Å². The summed E-state index contributed by atoms with van der Waals surface area (Å²) in [7, 11) is 2.00. The lowest BCUT2D eigenvalue weighted by molar-refractivity contribution is -0.137. The number of benzene rings is 2. The third-order valence-corrected chi connectivity index (χ3v) is 5.89. The molecule has 0 radical (unpaired) electrons. The molecule has 3 aromatic rings.